The Bertz CT molecular complexity index is 405. The molecule has 0 radical (unpaired) electrons. The quantitative estimate of drug-likeness (QED) is 0.661. The van der Waals surface area contributed by atoms with Gasteiger partial charge in [-0.05, 0) is 31.2 Å². The third-order valence-electron chi connectivity index (χ3n) is 3.51. The molecule has 1 saturated carbocycles. The number of pyridine rings is 1. The van der Waals surface area contributed by atoms with Crippen molar-refractivity contribution in [2.24, 2.45) is 5.92 Å². The van der Waals surface area contributed by atoms with Crippen molar-refractivity contribution in [2.45, 2.75) is 51.9 Å². The zero-order valence-corrected chi connectivity index (χ0v) is 12.4. The number of rotatable bonds is 10. The van der Waals surface area contributed by atoms with Gasteiger partial charge in [0.25, 0.3) is 0 Å². The molecule has 1 aliphatic carbocycles. The summed E-state index contributed by atoms with van der Waals surface area (Å²) in [6, 6.07) is 3.62. The molecule has 4 nitrogen and oxygen atoms in total. The van der Waals surface area contributed by atoms with E-state index in [1.165, 1.54) is 38.5 Å². The lowest BCUT2D eigenvalue weighted by atomic mass is 10.2. The number of hydrogen-bond donors (Lipinski definition) is 1. The smallest absolute Gasteiger partial charge is 0.240 e. The lowest BCUT2D eigenvalue weighted by Gasteiger charge is -2.10. The van der Waals surface area contributed by atoms with Gasteiger partial charge in [0.05, 0.1) is 18.9 Å². The molecule has 0 saturated heterocycles. The number of nitrogens with two attached hydrogens (primary N) is 1. The van der Waals surface area contributed by atoms with E-state index in [0.717, 1.165) is 13.0 Å². The fourth-order valence-corrected chi connectivity index (χ4v) is 1.99. The van der Waals surface area contributed by atoms with Crippen LogP contribution in [0.1, 0.15) is 51.9 Å². The highest BCUT2D eigenvalue weighted by molar-refractivity contribution is 5.49. The minimum atomic E-state index is 0.514. The first-order chi connectivity index (χ1) is 9.79. The third-order valence-corrected chi connectivity index (χ3v) is 3.51. The second kappa shape index (κ2) is 7.98. The summed E-state index contributed by atoms with van der Waals surface area (Å²) in [7, 11) is 0. The maximum absolute atomic E-state index is 5.86. The van der Waals surface area contributed by atoms with Crippen molar-refractivity contribution >= 4 is 5.69 Å². The fourth-order valence-electron chi connectivity index (χ4n) is 1.99. The van der Waals surface area contributed by atoms with Gasteiger partial charge in [-0.15, -0.1) is 0 Å². The van der Waals surface area contributed by atoms with Gasteiger partial charge in [-0.25, -0.2) is 0 Å². The van der Waals surface area contributed by atoms with Gasteiger partial charge in [0.1, 0.15) is 0 Å². The summed E-state index contributed by atoms with van der Waals surface area (Å²) in [4.78, 5) is 4.34. The Morgan fingerprint density at radius 3 is 2.70 bits per heavy atom. The second-order valence-corrected chi connectivity index (χ2v) is 5.56. The molecular formula is C16H26N2O2. The summed E-state index contributed by atoms with van der Waals surface area (Å²) >= 11 is 0. The monoisotopic (exact) mass is 278 g/mol. The third kappa shape index (κ3) is 5.27. The highest BCUT2D eigenvalue weighted by Gasteiger charge is 2.22. The van der Waals surface area contributed by atoms with Crippen LogP contribution in [0.2, 0.25) is 0 Å². The van der Waals surface area contributed by atoms with E-state index < -0.39 is 0 Å². The number of anilines is 1. The summed E-state index contributed by atoms with van der Waals surface area (Å²) in [5, 5.41) is 0. The van der Waals surface area contributed by atoms with Crippen molar-refractivity contribution in [3.63, 3.8) is 0 Å². The minimum absolute atomic E-state index is 0.514. The van der Waals surface area contributed by atoms with E-state index in [1.54, 1.807) is 0 Å². The lowest BCUT2D eigenvalue weighted by Crippen LogP contribution is -2.05. The Labute approximate surface area is 121 Å². The molecule has 0 aliphatic heterocycles. The summed E-state index contributed by atoms with van der Waals surface area (Å²) in [6.45, 7) is 3.65. The fraction of sp³-hybridized carbons (Fsp3) is 0.688. The topological polar surface area (TPSA) is 57.4 Å². The predicted molar refractivity (Wildman–Crippen MR) is 81.1 cm³/mol. The second-order valence-electron chi connectivity index (χ2n) is 5.56. The molecule has 20 heavy (non-hydrogen) atoms. The van der Waals surface area contributed by atoms with Crippen molar-refractivity contribution in [2.75, 3.05) is 18.9 Å². The van der Waals surface area contributed by atoms with E-state index in [9.17, 15) is 0 Å². The minimum Gasteiger partial charge on any atom is -0.478 e. The van der Waals surface area contributed by atoms with Crippen molar-refractivity contribution in [1.82, 2.24) is 4.98 Å². The molecule has 0 bridgehead atoms. The van der Waals surface area contributed by atoms with Gasteiger partial charge in [0.15, 0.2) is 0 Å². The molecule has 1 aliphatic rings. The van der Waals surface area contributed by atoms with E-state index in [2.05, 4.69) is 11.9 Å². The molecule has 1 aromatic rings. The van der Waals surface area contributed by atoms with Crippen LogP contribution in [0, 0.1) is 5.92 Å². The zero-order valence-electron chi connectivity index (χ0n) is 12.4. The molecule has 0 atom stereocenters. The van der Waals surface area contributed by atoms with Gasteiger partial charge < -0.3 is 15.2 Å². The zero-order chi connectivity index (χ0) is 14.2. The Morgan fingerprint density at radius 2 is 1.95 bits per heavy atom. The van der Waals surface area contributed by atoms with Crippen molar-refractivity contribution < 1.29 is 9.47 Å². The molecule has 1 aromatic heterocycles. The van der Waals surface area contributed by atoms with Crippen LogP contribution in [-0.4, -0.2) is 18.2 Å². The Hall–Kier alpha value is -1.45. The highest BCUT2D eigenvalue weighted by Crippen LogP contribution is 2.31. The van der Waals surface area contributed by atoms with Crippen LogP contribution >= 0.6 is 0 Å². The van der Waals surface area contributed by atoms with Crippen molar-refractivity contribution in [3.8, 4) is 11.8 Å². The molecule has 1 fully saturated rings. The molecule has 0 aromatic carbocycles. The van der Waals surface area contributed by atoms with Gasteiger partial charge in [-0.3, -0.25) is 0 Å². The van der Waals surface area contributed by atoms with Gasteiger partial charge >= 0.3 is 0 Å². The first-order valence-corrected chi connectivity index (χ1v) is 7.81. The summed E-state index contributed by atoms with van der Waals surface area (Å²) < 4.78 is 11.3. The molecule has 4 heteroatoms. The molecule has 0 spiro atoms. The molecule has 0 amide bonds. The number of ether oxygens (including phenoxy) is 2. The van der Waals surface area contributed by atoms with Gasteiger partial charge in [0, 0.05) is 6.07 Å². The molecule has 0 unspecified atom stereocenters. The van der Waals surface area contributed by atoms with Crippen molar-refractivity contribution in [3.05, 3.63) is 12.1 Å². The Balaban J connectivity index is 1.71. The van der Waals surface area contributed by atoms with E-state index in [1.807, 2.05) is 12.1 Å². The molecular weight excluding hydrogens is 252 g/mol. The van der Waals surface area contributed by atoms with E-state index >= 15 is 0 Å². The van der Waals surface area contributed by atoms with Crippen LogP contribution in [0.4, 0.5) is 5.69 Å². The van der Waals surface area contributed by atoms with Crippen LogP contribution in [0.5, 0.6) is 11.8 Å². The Morgan fingerprint density at radius 1 is 1.15 bits per heavy atom. The SMILES string of the molecule is CCCCCCCOc1ccc(N)c(OCC2CC2)n1. The highest BCUT2D eigenvalue weighted by atomic mass is 16.5. The van der Waals surface area contributed by atoms with Gasteiger partial charge in [-0.1, -0.05) is 32.6 Å². The van der Waals surface area contributed by atoms with Crippen molar-refractivity contribution in [1.29, 1.82) is 0 Å². The normalized spacial score (nSPS) is 14.2. The summed E-state index contributed by atoms with van der Waals surface area (Å²) in [5.41, 5.74) is 6.45. The summed E-state index contributed by atoms with van der Waals surface area (Å²) in [6.07, 6.45) is 8.66. The van der Waals surface area contributed by atoms with E-state index in [0.29, 0.717) is 30.0 Å². The van der Waals surface area contributed by atoms with Crippen LogP contribution in [0.25, 0.3) is 0 Å². The maximum Gasteiger partial charge on any atom is 0.240 e. The molecule has 2 rings (SSSR count). The van der Waals surface area contributed by atoms with Crippen LogP contribution < -0.4 is 15.2 Å². The number of nitrogen functional groups attached to an aromatic ring is 1. The predicted octanol–water partition coefficient (Wildman–Crippen LogP) is 3.80. The number of aromatic nitrogens is 1. The Kier molecular flexibility index (Phi) is 5.96. The average Bonchev–Trinajstić information content (AvgIpc) is 3.27. The van der Waals surface area contributed by atoms with Gasteiger partial charge in [0.2, 0.25) is 11.8 Å². The standard InChI is InChI=1S/C16H26N2O2/c1-2-3-4-5-6-11-19-15-10-9-14(17)16(18-15)20-12-13-7-8-13/h9-10,13H,2-8,11-12,17H2,1H3. The van der Waals surface area contributed by atoms with E-state index in [-0.39, 0.29) is 0 Å². The first kappa shape index (κ1) is 14.9. The number of nitrogens with zero attached hydrogens (tertiary/aromatic N) is 1. The lowest BCUT2D eigenvalue weighted by molar-refractivity contribution is 0.268. The van der Waals surface area contributed by atoms with Crippen LogP contribution in [0.15, 0.2) is 12.1 Å². The molecule has 2 N–H and O–H groups in total. The molecule has 112 valence electrons. The largest absolute Gasteiger partial charge is 0.478 e. The maximum atomic E-state index is 5.86. The van der Waals surface area contributed by atoms with Crippen LogP contribution in [-0.2, 0) is 0 Å². The first-order valence-electron chi connectivity index (χ1n) is 7.81. The van der Waals surface area contributed by atoms with Gasteiger partial charge in [-0.2, -0.15) is 4.98 Å². The number of hydrogen-bond acceptors (Lipinski definition) is 4. The average molecular weight is 278 g/mol. The molecule has 1 heterocycles. The summed E-state index contributed by atoms with van der Waals surface area (Å²) in [5.74, 6) is 1.82. The van der Waals surface area contributed by atoms with Crippen LogP contribution in [0.3, 0.4) is 0 Å². The number of unbranched alkanes of at least 4 members (excludes halogenated alkanes) is 4. The van der Waals surface area contributed by atoms with E-state index in [4.69, 9.17) is 15.2 Å².